The third-order valence-electron chi connectivity index (χ3n) is 2.86. The van der Waals surface area contributed by atoms with Gasteiger partial charge < -0.3 is 9.84 Å². The monoisotopic (exact) mass is 269 g/mol. The fourth-order valence-electron chi connectivity index (χ4n) is 1.86. The van der Waals surface area contributed by atoms with Gasteiger partial charge in [0.25, 0.3) is 0 Å². The maximum Gasteiger partial charge on any atom is 0.410 e. The van der Waals surface area contributed by atoms with Crippen LogP contribution in [0.25, 0.3) is 0 Å². The highest BCUT2D eigenvalue weighted by Gasteiger charge is 2.37. The molecule has 2 rings (SSSR count). The molecular formula is C12H12ClNO4. The molecule has 5 nitrogen and oxygen atoms in total. The standard InChI is InChI=1S/C12H12ClNO4/c13-9-4-1-8(2-5-9)3-6-10-11(15)18-7-14(10)12(16)17/h1-2,4-5,10H,3,6-7H2,(H,16,17)/t10-/m0/s1. The molecule has 96 valence electrons. The van der Waals surface area contributed by atoms with Crippen molar-refractivity contribution in [2.45, 2.75) is 18.9 Å². The van der Waals surface area contributed by atoms with E-state index < -0.39 is 18.1 Å². The van der Waals surface area contributed by atoms with Crippen molar-refractivity contribution >= 4 is 23.7 Å². The van der Waals surface area contributed by atoms with Gasteiger partial charge in [-0.05, 0) is 30.5 Å². The van der Waals surface area contributed by atoms with Crippen LogP contribution in [0.1, 0.15) is 12.0 Å². The van der Waals surface area contributed by atoms with Crippen LogP contribution in [0.2, 0.25) is 5.02 Å². The SMILES string of the molecule is O=C1OCN(C(=O)O)[C@H]1CCc1ccc(Cl)cc1. The molecule has 6 heteroatoms. The van der Waals surface area contributed by atoms with Gasteiger partial charge in [0.2, 0.25) is 0 Å². The molecule has 1 fully saturated rings. The van der Waals surface area contributed by atoms with Crippen LogP contribution in [0.3, 0.4) is 0 Å². The van der Waals surface area contributed by atoms with E-state index in [-0.39, 0.29) is 6.73 Å². The first kappa shape index (κ1) is 12.7. The van der Waals surface area contributed by atoms with Gasteiger partial charge in [0.05, 0.1) is 0 Å². The van der Waals surface area contributed by atoms with E-state index in [0.29, 0.717) is 17.9 Å². The van der Waals surface area contributed by atoms with E-state index in [9.17, 15) is 9.59 Å². The zero-order valence-corrected chi connectivity index (χ0v) is 10.3. The molecule has 0 saturated carbocycles. The number of hydrogen-bond donors (Lipinski definition) is 1. The van der Waals surface area contributed by atoms with E-state index in [4.69, 9.17) is 21.4 Å². The molecule has 0 unspecified atom stereocenters. The van der Waals surface area contributed by atoms with Crippen molar-refractivity contribution in [2.75, 3.05) is 6.73 Å². The topological polar surface area (TPSA) is 66.8 Å². The summed E-state index contributed by atoms with van der Waals surface area (Å²) in [5.41, 5.74) is 1.00. The van der Waals surface area contributed by atoms with Crippen LogP contribution in [-0.4, -0.2) is 34.8 Å². The summed E-state index contributed by atoms with van der Waals surface area (Å²) in [6.07, 6.45) is -0.130. The number of carboxylic acid groups (broad SMARTS) is 1. The number of carbonyl (C=O) groups is 2. The Morgan fingerprint density at radius 1 is 1.44 bits per heavy atom. The quantitative estimate of drug-likeness (QED) is 0.854. The van der Waals surface area contributed by atoms with Crippen molar-refractivity contribution in [3.05, 3.63) is 34.9 Å². The van der Waals surface area contributed by atoms with Gasteiger partial charge in [-0.2, -0.15) is 0 Å². The van der Waals surface area contributed by atoms with Crippen molar-refractivity contribution in [1.82, 2.24) is 4.90 Å². The van der Waals surface area contributed by atoms with E-state index in [2.05, 4.69) is 0 Å². The Morgan fingerprint density at radius 3 is 2.72 bits per heavy atom. The van der Waals surface area contributed by atoms with Crippen LogP contribution in [0, 0.1) is 0 Å². The molecular weight excluding hydrogens is 258 g/mol. The maximum atomic E-state index is 11.4. The van der Waals surface area contributed by atoms with Gasteiger partial charge in [0.1, 0.15) is 6.04 Å². The molecule has 1 aromatic rings. The fraction of sp³-hybridized carbons (Fsp3) is 0.333. The summed E-state index contributed by atoms with van der Waals surface area (Å²) in [5.74, 6) is -0.480. The van der Waals surface area contributed by atoms with E-state index >= 15 is 0 Å². The summed E-state index contributed by atoms with van der Waals surface area (Å²) < 4.78 is 4.73. The first-order valence-corrected chi connectivity index (χ1v) is 5.86. The number of carbonyl (C=O) groups excluding carboxylic acids is 1. The number of aryl methyl sites for hydroxylation is 1. The number of cyclic esters (lactones) is 1. The lowest BCUT2D eigenvalue weighted by molar-refractivity contribution is -0.139. The molecule has 0 spiro atoms. The summed E-state index contributed by atoms with van der Waals surface area (Å²) in [4.78, 5) is 23.3. The summed E-state index contributed by atoms with van der Waals surface area (Å²) in [6, 6.07) is 6.53. The maximum absolute atomic E-state index is 11.4. The van der Waals surface area contributed by atoms with E-state index in [1.54, 1.807) is 12.1 Å². The third kappa shape index (κ3) is 2.73. The first-order chi connectivity index (χ1) is 8.58. The molecule has 1 atom stereocenters. The van der Waals surface area contributed by atoms with Crippen molar-refractivity contribution < 1.29 is 19.4 Å². The van der Waals surface area contributed by atoms with Gasteiger partial charge in [-0.25, -0.2) is 9.59 Å². The van der Waals surface area contributed by atoms with Gasteiger partial charge >= 0.3 is 12.1 Å². The third-order valence-corrected chi connectivity index (χ3v) is 3.11. The number of rotatable bonds is 3. The Balaban J connectivity index is 1.98. The predicted molar refractivity (Wildman–Crippen MR) is 64.4 cm³/mol. The second-order valence-electron chi connectivity index (χ2n) is 4.03. The van der Waals surface area contributed by atoms with Gasteiger partial charge in [-0.15, -0.1) is 0 Å². The Kier molecular flexibility index (Phi) is 3.72. The summed E-state index contributed by atoms with van der Waals surface area (Å²) in [6.45, 7) is -0.181. The zero-order valence-electron chi connectivity index (χ0n) is 9.51. The molecule has 1 aliphatic rings. The predicted octanol–water partition coefficient (Wildman–Crippen LogP) is 2.14. The molecule has 1 aromatic carbocycles. The number of ether oxygens (including phenoxy) is 1. The molecule has 0 radical (unpaired) electrons. The van der Waals surface area contributed by atoms with Crippen molar-refractivity contribution in [2.24, 2.45) is 0 Å². The minimum atomic E-state index is -1.14. The fourth-order valence-corrected chi connectivity index (χ4v) is 1.99. The van der Waals surface area contributed by atoms with Crippen molar-refractivity contribution in [3.63, 3.8) is 0 Å². The smallest absolute Gasteiger partial charge is 0.410 e. The van der Waals surface area contributed by atoms with Gasteiger partial charge in [0.15, 0.2) is 6.73 Å². The van der Waals surface area contributed by atoms with Crippen LogP contribution >= 0.6 is 11.6 Å². The molecule has 18 heavy (non-hydrogen) atoms. The van der Waals surface area contributed by atoms with E-state index in [1.165, 1.54) is 0 Å². The lowest BCUT2D eigenvalue weighted by Gasteiger charge is -2.16. The Morgan fingerprint density at radius 2 is 2.11 bits per heavy atom. The average molecular weight is 270 g/mol. The number of esters is 1. The highest BCUT2D eigenvalue weighted by Crippen LogP contribution is 2.18. The van der Waals surface area contributed by atoms with Gasteiger partial charge in [-0.1, -0.05) is 23.7 Å². The van der Waals surface area contributed by atoms with Gasteiger partial charge in [-0.3, -0.25) is 4.90 Å². The van der Waals surface area contributed by atoms with Crippen LogP contribution in [0.4, 0.5) is 4.79 Å². The van der Waals surface area contributed by atoms with Crippen LogP contribution < -0.4 is 0 Å². The summed E-state index contributed by atoms with van der Waals surface area (Å²) in [7, 11) is 0. The zero-order chi connectivity index (χ0) is 13.1. The molecule has 0 bridgehead atoms. The molecule has 1 aliphatic heterocycles. The first-order valence-electron chi connectivity index (χ1n) is 5.48. The Hall–Kier alpha value is -1.75. The van der Waals surface area contributed by atoms with Crippen LogP contribution in [0.5, 0.6) is 0 Å². The number of nitrogens with zero attached hydrogens (tertiary/aromatic N) is 1. The molecule has 1 amide bonds. The number of amides is 1. The highest BCUT2D eigenvalue weighted by molar-refractivity contribution is 6.30. The van der Waals surface area contributed by atoms with Crippen molar-refractivity contribution in [3.8, 4) is 0 Å². The number of hydrogen-bond acceptors (Lipinski definition) is 3. The minimum absolute atomic E-state index is 0.181. The normalized spacial score (nSPS) is 18.8. The van der Waals surface area contributed by atoms with E-state index in [0.717, 1.165) is 10.5 Å². The lowest BCUT2D eigenvalue weighted by atomic mass is 10.1. The Labute approximate surface area is 109 Å². The minimum Gasteiger partial charge on any atom is -0.465 e. The second-order valence-corrected chi connectivity index (χ2v) is 4.46. The second kappa shape index (κ2) is 5.27. The number of benzene rings is 1. The lowest BCUT2D eigenvalue weighted by Crippen LogP contribution is -2.37. The molecule has 1 heterocycles. The Bertz CT molecular complexity index is 460. The average Bonchev–Trinajstić information content (AvgIpc) is 2.70. The van der Waals surface area contributed by atoms with E-state index in [1.807, 2.05) is 12.1 Å². The molecule has 0 aromatic heterocycles. The van der Waals surface area contributed by atoms with Gasteiger partial charge in [0, 0.05) is 5.02 Å². The largest absolute Gasteiger partial charge is 0.465 e. The molecule has 1 saturated heterocycles. The summed E-state index contributed by atoms with van der Waals surface area (Å²) in [5, 5.41) is 9.56. The number of halogens is 1. The molecule has 0 aliphatic carbocycles. The van der Waals surface area contributed by atoms with Crippen LogP contribution in [0.15, 0.2) is 24.3 Å². The highest BCUT2D eigenvalue weighted by atomic mass is 35.5. The van der Waals surface area contributed by atoms with Crippen molar-refractivity contribution in [1.29, 1.82) is 0 Å². The molecule has 1 N–H and O–H groups in total. The van der Waals surface area contributed by atoms with Crippen LogP contribution in [-0.2, 0) is 16.0 Å². The summed E-state index contributed by atoms with van der Waals surface area (Å²) >= 11 is 5.77.